The van der Waals surface area contributed by atoms with E-state index >= 15 is 0 Å². The van der Waals surface area contributed by atoms with E-state index in [0.717, 1.165) is 12.8 Å². The topological polar surface area (TPSA) is 105 Å². The maximum Gasteiger partial charge on any atom is 0.167 e. The second-order valence-corrected chi connectivity index (χ2v) is 7.44. The molecule has 3 aromatic rings. The van der Waals surface area contributed by atoms with Crippen LogP contribution in [0.15, 0.2) is 36.9 Å². The van der Waals surface area contributed by atoms with Crippen LogP contribution in [0.4, 0.5) is 5.82 Å². The third-order valence-electron chi connectivity index (χ3n) is 5.82. The Bertz CT molecular complexity index is 1010. The molecule has 3 heterocycles. The van der Waals surface area contributed by atoms with Crippen LogP contribution in [0.3, 0.4) is 0 Å². The molecule has 8 heteroatoms. The van der Waals surface area contributed by atoms with Crippen molar-refractivity contribution in [2.75, 3.05) is 5.32 Å². The number of ether oxygens (including phenoxy) is 1. The minimum atomic E-state index is -1.03. The number of nitrogens with one attached hydrogen (secondary N) is 1. The monoisotopic (exact) mass is 381 g/mol. The van der Waals surface area contributed by atoms with Crippen LogP contribution in [0.5, 0.6) is 0 Å². The Balaban J connectivity index is 1.47. The van der Waals surface area contributed by atoms with Crippen molar-refractivity contribution in [3.05, 3.63) is 48.0 Å². The molecule has 0 radical (unpaired) electrons. The third-order valence-corrected chi connectivity index (χ3v) is 5.82. The van der Waals surface area contributed by atoms with Gasteiger partial charge in [-0.2, -0.15) is 0 Å². The molecule has 1 saturated heterocycles. The van der Waals surface area contributed by atoms with E-state index in [1.807, 2.05) is 6.92 Å². The molecule has 0 amide bonds. The van der Waals surface area contributed by atoms with Gasteiger partial charge in [0.1, 0.15) is 18.5 Å². The van der Waals surface area contributed by atoms with Crippen LogP contribution in [0.25, 0.3) is 11.2 Å². The van der Waals surface area contributed by atoms with Crippen molar-refractivity contribution in [1.82, 2.24) is 19.5 Å². The van der Waals surface area contributed by atoms with Crippen LogP contribution < -0.4 is 5.32 Å². The number of aliphatic hydroxyl groups excluding tert-OH is 2. The highest BCUT2D eigenvalue weighted by Crippen LogP contribution is 2.36. The van der Waals surface area contributed by atoms with E-state index in [-0.39, 0.29) is 6.04 Å². The van der Waals surface area contributed by atoms with Gasteiger partial charge in [-0.3, -0.25) is 4.57 Å². The van der Waals surface area contributed by atoms with Gasteiger partial charge in [-0.25, -0.2) is 15.0 Å². The van der Waals surface area contributed by atoms with Gasteiger partial charge in [-0.05, 0) is 30.4 Å². The van der Waals surface area contributed by atoms with Gasteiger partial charge < -0.3 is 20.3 Å². The number of rotatable bonds is 4. The first-order chi connectivity index (χ1) is 13.7. The Hall–Kier alpha value is -2.55. The SMILES string of the molecule is CC[C@@H]1O[C@@H](n2cnc3c(N[C@H]4CCc5ccccc54)ncnc32)[C@H](O)[C@@H]1O. The number of hydrogen-bond acceptors (Lipinski definition) is 7. The van der Waals surface area contributed by atoms with Crippen LogP contribution in [0.1, 0.15) is 43.2 Å². The fraction of sp³-hybridized carbons (Fsp3) is 0.450. The highest BCUT2D eigenvalue weighted by atomic mass is 16.6. The van der Waals surface area contributed by atoms with E-state index in [1.54, 1.807) is 10.9 Å². The lowest BCUT2D eigenvalue weighted by atomic mass is 10.1. The normalized spacial score (nSPS) is 29.3. The molecule has 1 fully saturated rings. The summed E-state index contributed by atoms with van der Waals surface area (Å²) in [5, 5.41) is 24.1. The molecule has 2 aliphatic rings. The zero-order valence-corrected chi connectivity index (χ0v) is 15.6. The minimum Gasteiger partial charge on any atom is -0.388 e. The summed E-state index contributed by atoms with van der Waals surface area (Å²) in [5.74, 6) is 0.658. The minimum absolute atomic E-state index is 0.180. The largest absolute Gasteiger partial charge is 0.388 e. The Morgan fingerprint density at radius 2 is 2.04 bits per heavy atom. The lowest BCUT2D eigenvalue weighted by Crippen LogP contribution is -2.31. The van der Waals surface area contributed by atoms with Crippen molar-refractivity contribution in [2.45, 2.75) is 56.8 Å². The average Bonchev–Trinajstić information content (AvgIpc) is 3.40. The van der Waals surface area contributed by atoms with Gasteiger partial charge in [-0.1, -0.05) is 31.2 Å². The third kappa shape index (κ3) is 2.68. The summed E-state index contributed by atoms with van der Waals surface area (Å²) in [4.78, 5) is 13.2. The molecule has 2 aromatic heterocycles. The second-order valence-electron chi connectivity index (χ2n) is 7.44. The quantitative estimate of drug-likeness (QED) is 0.634. The maximum absolute atomic E-state index is 10.4. The number of aliphatic hydroxyl groups is 2. The molecule has 0 saturated carbocycles. The Morgan fingerprint density at radius 1 is 1.18 bits per heavy atom. The molecule has 3 N–H and O–H groups in total. The number of benzene rings is 1. The maximum atomic E-state index is 10.4. The van der Waals surface area contributed by atoms with Crippen molar-refractivity contribution in [3.63, 3.8) is 0 Å². The summed E-state index contributed by atoms with van der Waals surface area (Å²) in [5.41, 5.74) is 3.84. The molecule has 0 bridgehead atoms. The number of nitrogens with zero attached hydrogens (tertiary/aromatic N) is 4. The summed E-state index contributed by atoms with van der Waals surface area (Å²) in [7, 11) is 0. The fourth-order valence-electron chi connectivity index (χ4n) is 4.31. The van der Waals surface area contributed by atoms with Crippen molar-refractivity contribution in [1.29, 1.82) is 0 Å². The van der Waals surface area contributed by atoms with E-state index in [4.69, 9.17) is 4.74 Å². The van der Waals surface area contributed by atoms with Crippen LogP contribution in [-0.4, -0.2) is 48.0 Å². The highest BCUT2D eigenvalue weighted by molar-refractivity contribution is 5.83. The van der Waals surface area contributed by atoms with Crippen LogP contribution in [0, 0.1) is 0 Å². The molecular formula is C20H23N5O3. The van der Waals surface area contributed by atoms with Crippen molar-refractivity contribution >= 4 is 17.0 Å². The van der Waals surface area contributed by atoms with Gasteiger partial charge in [0.05, 0.1) is 18.5 Å². The molecule has 1 aliphatic carbocycles. The van der Waals surface area contributed by atoms with E-state index in [2.05, 4.69) is 44.5 Å². The van der Waals surface area contributed by atoms with Gasteiger partial charge >= 0.3 is 0 Å². The summed E-state index contributed by atoms with van der Waals surface area (Å²) >= 11 is 0. The molecule has 0 spiro atoms. The predicted molar refractivity (Wildman–Crippen MR) is 103 cm³/mol. The van der Waals surface area contributed by atoms with Gasteiger partial charge in [0.25, 0.3) is 0 Å². The summed E-state index contributed by atoms with van der Waals surface area (Å²) in [6, 6.07) is 8.61. The van der Waals surface area contributed by atoms with E-state index in [0.29, 0.717) is 23.4 Å². The Labute approximate surface area is 162 Å². The first-order valence-corrected chi connectivity index (χ1v) is 9.71. The van der Waals surface area contributed by atoms with Gasteiger partial charge in [-0.15, -0.1) is 0 Å². The lowest BCUT2D eigenvalue weighted by molar-refractivity contribution is -0.0355. The molecule has 1 aliphatic heterocycles. The van der Waals surface area contributed by atoms with Crippen molar-refractivity contribution in [2.24, 2.45) is 0 Å². The van der Waals surface area contributed by atoms with Crippen LogP contribution in [0.2, 0.25) is 0 Å². The number of hydrogen-bond donors (Lipinski definition) is 3. The van der Waals surface area contributed by atoms with Crippen LogP contribution >= 0.6 is 0 Å². The molecule has 5 rings (SSSR count). The van der Waals surface area contributed by atoms with Gasteiger partial charge in [0, 0.05) is 0 Å². The number of imidazole rings is 1. The standard InChI is InChI=1S/C20H23N5O3/c1-2-14-16(26)17(27)20(28-14)25-10-23-15-18(21-9-22-19(15)25)24-13-8-7-11-5-3-4-6-12(11)13/h3-6,9-10,13-14,16-17,20,26-27H,2,7-8H2,1H3,(H,21,22,24)/t13-,14-,16+,17+,20+/m0/s1. The first-order valence-electron chi connectivity index (χ1n) is 9.71. The van der Waals surface area contributed by atoms with Crippen molar-refractivity contribution in [3.8, 4) is 0 Å². The Morgan fingerprint density at radius 3 is 2.86 bits per heavy atom. The van der Waals surface area contributed by atoms with Gasteiger partial charge in [0.15, 0.2) is 23.2 Å². The Kier molecular flexibility index (Phi) is 4.26. The zero-order valence-electron chi connectivity index (χ0n) is 15.6. The van der Waals surface area contributed by atoms with Gasteiger partial charge in [0.2, 0.25) is 0 Å². The molecule has 1 aromatic carbocycles. The number of fused-ring (bicyclic) bond motifs is 2. The highest BCUT2D eigenvalue weighted by Gasteiger charge is 2.43. The smallest absolute Gasteiger partial charge is 0.167 e. The predicted octanol–water partition coefficient (Wildman–Crippen LogP) is 1.95. The summed E-state index contributed by atoms with van der Waals surface area (Å²) in [6.07, 6.45) is 2.63. The van der Waals surface area contributed by atoms with E-state index < -0.39 is 24.5 Å². The van der Waals surface area contributed by atoms with E-state index in [1.165, 1.54) is 17.5 Å². The number of aromatic nitrogens is 4. The molecule has 0 unspecified atom stereocenters. The zero-order chi connectivity index (χ0) is 19.3. The summed E-state index contributed by atoms with van der Waals surface area (Å²) in [6.45, 7) is 1.92. The molecule has 5 atom stereocenters. The summed E-state index contributed by atoms with van der Waals surface area (Å²) < 4.78 is 7.52. The first kappa shape index (κ1) is 17.5. The van der Waals surface area contributed by atoms with Crippen LogP contribution in [-0.2, 0) is 11.2 Å². The number of aryl methyl sites for hydroxylation is 1. The molecule has 28 heavy (non-hydrogen) atoms. The number of anilines is 1. The molecule has 8 nitrogen and oxygen atoms in total. The average molecular weight is 381 g/mol. The lowest BCUT2D eigenvalue weighted by Gasteiger charge is -2.17. The van der Waals surface area contributed by atoms with Crippen molar-refractivity contribution < 1.29 is 14.9 Å². The molecule has 146 valence electrons. The van der Waals surface area contributed by atoms with E-state index in [9.17, 15) is 10.2 Å². The molecular weight excluding hydrogens is 358 g/mol. The second kappa shape index (κ2) is 6.80. The fourth-order valence-corrected chi connectivity index (χ4v) is 4.31.